The molecule has 110 valence electrons. The van der Waals surface area contributed by atoms with Crippen LogP contribution in [0, 0.1) is 5.82 Å². The zero-order chi connectivity index (χ0) is 14.8. The highest BCUT2D eigenvalue weighted by Crippen LogP contribution is 2.32. The van der Waals surface area contributed by atoms with Gasteiger partial charge in [0.1, 0.15) is 18.2 Å². The van der Waals surface area contributed by atoms with E-state index in [0.29, 0.717) is 11.3 Å². The number of hydrogen-bond acceptors (Lipinski definition) is 2. The molecule has 2 aromatic carbocycles. The second kappa shape index (κ2) is 6.16. The van der Waals surface area contributed by atoms with Crippen molar-refractivity contribution < 1.29 is 14.2 Å². The van der Waals surface area contributed by atoms with Crippen molar-refractivity contribution in [2.75, 3.05) is 0 Å². The largest absolute Gasteiger partial charge is 0.489 e. The highest BCUT2D eigenvalue weighted by Gasteiger charge is 2.18. The molecule has 0 saturated heterocycles. The molecule has 0 heterocycles. The Labute approximate surface area is 131 Å². The topological polar surface area (TPSA) is 29.5 Å². The Morgan fingerprint density at radius 1 is 1.24 bits per heavy atom. The van der Waals surface area contributed by atoms with Gasteiger partial charge in [0.05, 0.1) is 6.10 Å². The zero-order valence-electron chi connectivity index (χ0n) is 11.5. The smallest absolute Gasteiger partial charge is 0.129 e. The summed E-state index contributed by atoms with van der Waals surface area (Å²) in [5.41, 5.74) is 2.63. The first-order chi connectivity index (χ1) is 10.1. The van der Waals surface area contributed by atoms with Crippen LogP contribution in [-0.2, 0) is 13.0 Å². The van der Waals surface area contributed by atoms with Crippen LogP contribution in [0.25, 0.3) is 0 Å². The standard InChI is InChI=1S/C17H16BrFO2/c18-13-4-7-16(19)12(8-13)10-21-14-5-6-15-11(9-14)2-1-3-17(15)20/h4-9,17,20H,1-3,10H2. The first kappa shape index (κ1) is 14.5. The van der Waals surface area contributed by atoms with Crippen molar-refractivity contribution in [3.05, 3.63) is 63.4 Å². The summed E-state index contributed by atoms with van der Waals surface area (Å²) in [6.07, 6.45) is 2.38. The predicted octanol–water partition coefficient (Wildman–Crippen LogP) is 4.54. The van der Waals surface area contributed by atoms with Crippen molar-refractivity contribution in [3.8, 4) is 5.75 Å². The lowest BCUT2D eigenvalue weighted by Crippen LogP contribution is -2.09. The van der Waals surface area contributed by atoms with Crippen molar-refractivity contribution in [2.24, 2.45) is 0 Å². The predicted molar refractivity (Wildman–Crippen MR) is 82.8 cm³/mol. The molecule has 1 unspecified atom stereocenters. The van der Waals surface area contributed by atoms with Gasteiger partial charge < -0.3 is 9.84 Å². The molecule has 2 aromatic rings. The summed E-state index contributed by atoms with van der Waals surface area (Å²) in [4.78, 5) is 0. The van der Waals surface area contributed by atoms with Gasteiger partial charge >= 0.3 is 0 Å². The van der Waals surface area contributed by atoms with Crippen molar-refractivity contribution >= 4 is 15.9 Å². The summed E-state index contributed by atoms with van der Waals surface area (Å²) < 4.78 is 20.2. The summed E-state index contributed by atoms with van der Waals surface area (Å²) in [5.74, 6) is 0.439. The maximum absolute atomic E-state index is 13.7. The molecule has 0 fully saturated rings. The maximum atomic E-state index is 13.7. The fourth-order valence-electron chi connectivity index (χ4n) is 2.67. The Morgan fingerprint density at radius 3 is 2.95 bits per heavy atom. The van der Waals surface area contributed by atoms with Gasteiger partial charge in [0.15, 0.2) is 0 Å². The Kier molecular flexibility index (Phi) is 4.27. The van der Waals surface area contributed by atoms with Crippen molar-refractivity contribution in [2.45, 2.75) is 32.0 Å². The number of fused-ring (bicyclic) bond motifs is 1. The van der Waals surface area contributed by atoms with E-state index in [9.17, 15) is 9.50 Å². The number of hydrogen-bond donors (Lipinski definition) is 1. The summed E-state index contributed by atoms with van der Waals surface area (Å²) >= 11 is 3.33. The molecule has 0 aliphatic heterocycles. The average Bonchev–Trinajstić information content (AvgIpc) is 2.48. The molecule has 0 amide bonds. The number of benzene rings is 2. The van der Waals surface area contributed by atoms with Crippen LogP contribution in [0.1, 0.15) is 35.6 Å². The summed E-state index contributed by atoms with van der Waals surface area (Å²) in [6.45, 7) is 0.187. The molecule has 0 radical (unpaired) electrons. The van der Waals surface area contributed by atoms with Crippen LogP contribution in [0.15, 0.2) is 40.9 Å². The van der Waals surface area contributed by atoms with E-state index in [-0.39, 0.29) is 18.5 Å². The molecule has 1 aliphatic rings. The minimum absolute atomic E-state index is 0.187. The minimum atomic E-state index is -0.370. The van der Waals surface area contributed by atoms with Gasteiger partial charge in [-0.15, -0.1) is 0 Å². The molecule has 4 heteroatoms. The molecular formula is C17H16BrFO2. The van der Waals surface area contributed by atoms with Gasteiger partial charge in [0, 0.05) is 10.0 Å². The lowest BCUT2D eigenvalue weighted by Gasteiger charge is -2.21. The van der Waals surface area contributed by atoms with E-state index in [1.54, 1.807) is 12.1 Å². The Hall–Kier alpha value is -1.39. The van der Waals surface area contributed by atoms with Gasteiger partial charge in [0.2, 0.25) is 0 Å². The van der Waals surface area contributed by atoms with Gasteiger partial charge in [-0.2, -0.15) is 0 Å². The van der Waals surface area contributed by atoms with E-state index in [4.69, 9.17) is 4.74 Å². The Bertz CT molecular complexity index is 657. The third kappa shape index (κ3) is 3.27. The fraction of sp³-hybridized carbons (Fsp3) is 0.294. The van der Waals surface area contributed by atoms with Crippen molar-refractivity contribution in [3.63, 3.8) is 0 Å². The monoisotopic (exact) mass is 350 g/mol. The second-order valence-electron chi connectivity index (χ2n) is 5.29. The molecule has 1 aliphatic carbocycles. The van der Waals surface area contributed by atoms with Gasteiger partial charge in [-0.3, -0.25) is 0 Å². The first-order valence-electron chi connectivity index (χ1n) is 7.01. The van der Waals surface area contributed by atoms with Gasteiger partial charge in [0.25, 0.3) is 0 Å². The van der Waals surface area contributed by atoms with Gasteiger partial charge in [-0.25, -0.2) is 4.39 Å². The molecule has 21 heavy (non-hydrogen) atoms. The number of rotatable bonds is 3. The van der Waals surface area contributed by atoms with Crippen LogP contribution in [0.2, 0.25) is 0 Å². The zero-order valence-corrected chi connectivity index (χ0v) is 13.1. The minimum Gasteiger partial charge on any atom is -0.489 e. The highest BCUT2D eigenvalue weighted by atomic mass is 79.9. The molecule has 0 aromatic heterocycles. The number of aryl methyl sites for hydroxylation is 1. The number of ether oxygens (including phenoxy) is 1. The average molecular weight is 351 g/mol. The van der Waals surface area contributed by atoms with E-state index in [1.165, 1.54) is 6.07 Å². The SMILES string of the molecule is OC1CCCc2cc(OCc3cc(Br)ccc3F)ccc21. The molecular weight excluding hydrogens is 335 g/mol. The fourth-order valence-corrected chi connectivity index (χ4v) is 3.08. The molecule has 1 N–H and O–H groups in total. The van der Waals surface area contributed by atoms with Crippen LogP contribution >= 0.6 is 15.9 Å². The quantitative estimate of drug-likeness (QED) is 0.880. The third-order valence-electron chi connectivity index (χ3n) is 3.80. The lowest BCUT2D eigenvalue weighted by atomic mass is 9.89. The molecule has 1 atom stereocenters. The number of aliphatic hydroxyl groups excluding tert-OH is 1. The van der Waals surface area contributed by atoms with E-state index < -0.39 is 0 Å². The number of aliphatic hydroxyl groups is 1. The number of halogens is 2. The van der Waals surface area contributed by atoms with Crippen molar-refractivity contribution in [1.82, 2.24) is 0 Å². The van der Waals surface area contributed by atoms with Crippen molar-refractivity contribution in [1.29, 1.82) is 0 Å². The molecule has 2 nitrogen and oxygen atoms in total. The van der Waals surface area contributed by atoms with E-state index >= 15 is 0 Å². The first-order valence-corrected chi connectivity index (χ1v) is 7.80. The van der Waals surface area contributed by atoms with Gasteiger partial charge in [-0.1, -0.05) is 22.0 Å². The van der Waals surface area contributed by atoms with Crippen LogP contribution < -0.4 is 4.74 Å². The van der Waals surface area contributed by atoms with Crippen LogP contribution in [0.4, 0.5) is 4.39 Å². The van der Waals surface area contributed by atoms with Gasteiger partial charge in [-0.05, 0) is 60.7 Å². The molecule has 3 rings (SSSR count). The second-order valence-corrected chi connectivity index (χ2v) is 6.21. The molecule has 0 spiro atoms. The normalized spacial score (nSPS) is 17.4. The molecule has 0 bridgehead atoms. The molecule has 0 saturated carbocycles. The van der Waals surface area contributed by atoms with Crippen LogP contribution in [0.5, 0.6) is 5.75 Å². The van der Waals surface area contributed by atoms with E-state index in [2.05, 4.69) is 15.9 Å². The van der Waals surface area contributed by atoms with E-state index in [1.807, 2.05) is 18.2 Å². The van der Waals surface area contributed by atoms with E-state index in [0.717, 1.165) is 34.9 Å². The highest BCUT2D eigenvalue weighted by molar-refractivity contribution is 9.10. The van der Waals surface area contributed by atoms with Crippen LogP contribution in [-0.4, -0.2) is 5.11 Å². The Balaban J connectivity index is 1.75. The summed E-state index contributed by atoms with van der Waals surface area (Å²) in [6, 6.07) is 10.5. The summed E-state index contributed by atoms with van der Waals surface area (Å²) in [5, 5.41) is 9.93. The maximum Gasteiger partial charge on any atom is 0.129 e. The van der Waals surface area contributed by atoms with Crippen LogP contribution in [0.3, 0.4) is 0 Å². The summed E-state index contributed by atoms with van der Waals surface area (Å²) in [7, 11) is 0. The Morgan fingerprint density at radius 2 is 2.10 bits per heavy atom. The third-order valence-corrected chi connectivity index (χ3v) is 4.29. The lowest BCUT2D eigenvalue weighted by molar-refractivity contribution is 0.156.